The first kappa shape index (κ1) is 12.6. The molecule has 20 heavy (non-hydrogen) atoms. The third kappa shape index (κ3) is 2.35. The molecule has 100 valence electrons. The smallest absolute Gasteiger partial charge is 0.335 e. The molecule has 0 aliphatic heterocycles. The zero-order valence-electron chi connectivity index (χ0n) is 10.3. The highest BCUT2D eigenvalue weighted by Crippen LogP contribution is 2.16. The topological polar surface area (TPSA) is 68.0 Å². The van der Waals surface area contributed by atoms with Crippen molar-refractivity contribution in [3.63, 3.8) is 0 Å². The van der Waals surface area contributed by atoms with Crippen molar-refractivity contribution < 1.29 is 9.90 Å². The van der Waals surface area contributed by atoms with Crippen molar-refractivity contribution >= 4 is 28.6 Å². The van der Waals surface area contributed by atoms with Gasteiger partial charge < -0.3 is 5.11 Å². The molecule has 0 atom stereocenters. The average molecular weight is 288 g/mol. The molecule has 1 aromatic heterocycles. The van der Waals surface area contributed by atoms with E-state index in [1.54, 1.807) is 16.8 Å². The van der Waals surface area contributed by atoms with E-state index in [0.29, 0.717) is 17.1 Å². The van der Waals surface area contributed by atoms with Gasteiger partial charge in [0.25, 0.3) is 0 Å². The van der Waals surface area contributed by atoms with Crippen LogP contribution in [0.3, 0.4) is 0 Å². The third-order valence-electron chi connectivity index (χ3n) is 3.01. The van der Waals surface area contributed by atoms with Crippen LogP contribution in [0.5, 0.6) is 0 Å². The maximum Gasteiger partial charge on any atom is 0.335 e. The number of hydrogen-bond acceptors (Lipinski definition) is 3. The van der Waals surface area contributed by atoms with Gasteiger partial charge >= 0.3 is 5.97 Å². The Labute approximate surface area is 119 Å². The van der Waals surface area contributed by atoms with Crippen molar-refractivity contribution in [1.29, 1.82) is 0 Å². The SMILES string of the molecule is O=C(O)c1ccc2c(c1)nnn2Cc1ccc(Cl)cc1. The van der Waals surface area contributed by atoms with Crippen LogP contribution in [0.1, 0.15) is 15.9 Å². The molecule has 0 unspecified atom stereocenters. The molecule has 0 bridgehead atoms. The Kier molecular flexibility index (Phi) is 3.12. The molecule has 5 nitrogen and oxygen atoms in total. The first-order valence-corrected chi connectivity index (χ1v) is 6.32. The largest absolute Gasteiger partial charge is 0.478 e. The zero-order valence-corrected chi connectivity index (χ0v) is 11.1. The van der Waals surface area contributed by atoms with E-state index in [2.05, 4.69) is 10.3 Å². The molecular formula is C14H10ClN3O2. The average Bonchev–Trinajstić information content (AvgIpc) is 2.84. The van der Waals surface area contributed by atoms with Crippen molar-refractivity contribution in [2.45, 2.75) is 6.54 Å². The number of carboxylic acids is 1. The van der Waals surface area contributed by atoms with Crippen molar-refractivity contribution in [2.24, 2.45) is 0 Å². The molecule has 0 aliphatic carbocycles. The molecule has 1 heterocycles. The fourth-order valence-corrected chi connectivity index (χ4v) is 2.11. The molecule has 0 saturated heterocycles. The Hall–Kier alpha value is -2.40. The van der Waals surface area contributed by atoms with Crippen LogP contribution in [0.4, 0.5) is 0 Å². The number of benzene rings is 2. The maximum atomic E-state index is 10.9. The fraction of sp³-hybridized carbons (Fsp3) is 0.0714. The summed E-state index contributed by atoms with van der Waals surface area (Å²) < 4.78 is 1.73. The lowest BCUT2D eigenvalue weighted by Crippen LogP contribution is -2.02. The second kappa shape index (κ2) is 4.94. The Morgan fingerprint density at radius 2 is 1.95 bits per heavy atom. The van der Waals surface area contributed by atoms with Gasteiger partial charge in [-0.15, -0.1) is 5.10 Å². The number of nitrogens with zero attached hydrogens (tertiary/aromatic N) is 3. The van der Waals surface area contributed by atoms with Crippen LogP contribution in [0, 0.1) is 0 Å². The molecule has 0 spiro atoms. The van der Waals surface area contributed by atoms with Crippen molar-refractivity contribution in [2.75, 3.05) is 0 Å². The molecule has 2 aromatic carbocycles. The Morgan fingerprint density at radius 1 is 1.20 bits per heavy atom. The number of carbonyl (C=O) groups is 1. The molecule has 3 rings (SSSR count). The van der Waals surface area contributed by atoms with Crippen molar-refractivity contribution in [3.05, 3.63) is 58.6 Å². The number of aromatic nitrogens is 3. The molecule has 1 N–H and O–H groups in total. The minimum Gasteiger partial charge on any atom is -0.478 e. The molecular weight excluding hydrogens is 278 g/mol. The number of hydrogen-bond donors (Lipinski definition) is 1. The minimum atomic E-state index is -0.973. The van der Waals surface area contributed by atoms with E-state index in [1.165, 1.54) is 6.07 Å². The zero-order chi connectivity index (χ0) is 14.1. The summed E-state index contributed by atoms with van der Waals surface area (Å²) in [4.78, 5) is 10.9. The lowest BCUT2D eigenvalue weighted by atomic mass is 10.2. The molecule has 0 fully saturated rings. The monoisotopic (exact) mass is 287 g/mol. The van der Waals surface area contributed by atoms with Gasteiger partial charge in [-0.3, -0.25) is 0 Å². The van der Waals surface area contributed by atoms with Gasteiger partial charge in [-0.05, 0) is 35.9 Å². The summed E-state index contributed by atoms with van der Waals surface area (Å²) in [5.74, 6) is -0.973. The molecule has 3 aromatic rings. The van der Waals surface area contributed by atoms with Gasteiger partial charge in [-0.1, -0.05) is 28.9 Å². The highest BCUT2D eigenvalue weighted by molar-refractivity contribution is 6.30. The van der Waals surface area contributed by atoms with E-state index in [1.807, 2.05) is 24.3 Å². The lowest BCUT2D eigenvalue weighted by Gasteiger charge is -2.03. The van der Waals surface area contributed by atoms with E-state index in [0.717, 1.165) is 11.1 Å². The van der Waals surface area contributed by atoms with E-state index < -0.39 is 5.97 Å². The summed E-state index contributed by atoms with van der Waals surface area (Å²) >= 11 is 5.85. The van der Waals surface area contributed by atoms with Crippen LogP contribution < -0.4 is 0 Å². The lowest BCUT2D eigenvalue weighted by molar-refractivity contribution is 0.0697. The van der Waals surface area contributed by atoms with Gasteiger partial charge in [0.1, 0.15) is 5.52 Å². The van der Waals surface area contributed by atoms with Crippen LogP contribution in [0.2, 0.25) is 5.02 Å². The first-order valence-electron chi connectivity index (χ1n) is 5.94. The van der Waals surface area contributed by atoms with E-state index >= 15 is 0 Å². The molecule has 0 aliphatic rings. The number of carboxylic acid groups (broad SMARTS) is 1. The first-order chi connectivity index (χ1) is 9.63. The standard InChI is InChI=1S/C14H10ClN3O2/c15-11-4-1-9(2-5-11)8-18-13-6-3-10(14(19)20)7-12(13)16-17-18/h1-7H,8H2,(H,19,20). The summed E-state index contributed by atoms with van der Waals surface area (Å²) in [6.45, 7) is 0.556. The number of aromatic carboxylic acids is 1. The predicted octanol–water partition coefficient (Wildman–Crippen LogP) is 2.83. The Balaban J connectivity index is 1.96. The van der Waals surface area contributed by atoms with Gasteiger partial charge in [0, 0.05) is 5.02 Å². The Morgan fingerprint density at radius 3 is 2.65 bits per heavy atom. The highest BCUT2D eigenvalue weighted by atomic mass is 35.5. The second-order valence-electron chi connectivity index (χ2n) is 4.38. The van der Waals surface area contributed by atoms with Crippen molar-refractivity contribution in [1.82, 2.24) is 15.0 Å². The van der Waals surface area contributed by atoms with Gasteiger partial charge in [0.15, 0.2) is 0 Å². The van der Waals surface area contributed by atoms with Crippen LogP contribution >= 0.6 is 11.6 Å². The van der Waals surface area contributed by atoms with E-state index in [4.69, 9.17) is 16.7 Å². The van der Waals surface area contributed by atoms with Gasteiger partial charge in [-0.2, -0.15) is 0 Å². The normalized spacial score (nSPS) is 10.8. The van der Waals surface area contributed by atoms with Crippen molar-refractivity contribution in [3.8, 4) is 0 Å². The molecule has 0 radical (unpaired) electrons. The maximum absolute atomic E-state index is 10.9. The molecule has 6 heteroatoms. The summed E-state index contributed by atoms with van der Waals surface area (Å²) in [5, 5.41) is 17.7. The van der Waals surface area contributed by atoms with Gasteiger partial charge in [-0.25, -0.2) is 9.48 Å². The van der Waals surface area contributed by atoms with Crippen LogP contribution in [0.25, 0.3) is 11.0 Å². The summed E-state index contributed by atoms with van der Waals surface area (Å²) in [6.07, 6.45) is 0. The van der Waals surface area contributed by atoms with Gasteiger partial charge in [0.05, 0.1) is 17.6 Å². The van der Waals surface area contributed by atoms with Crippen LogP contribution in [0.15, 0.2) is 42.5 Å². The summed E-state index contributed by atoms with van der Waals surface area (Å²) in [7, 11) is 0. The number of halogens is 1. The summed E-state index contributed by atoms with van der Waals surface area (Å²) in [6, 6.07) is 12.3. The number of fused-ring (bicyclic) bond motifs is 1. The predicted molar refractivity (Wildman–Crippen MR) is 75.0 cm³/mol. The van der Waals surface area contributed by atoms with Gasteiger partial charge in [0.2, 0.25) is 0 Å². The number of rotatable bonds is 3. The molecule has 0 saturated carbocycles. The van der Waals surface area contributed by atoms with E-state index in [9.17, 15) is 4.79 Å². The quantitative estimate of drug-likeness (QED) is 0.804. The third-order valence-corrected chi connectivity index (χ3v) is 3.26. The summed E-state index contributed by atoms with van der Waals surface area (Å²) in [5.41, 5.74) is 2.61. The second-order valence-corrected chi connectivity index (χ2v) is 4.82. The van der Waals surface area contributed by atoms with Crippen LogP contribution in [-0.2, 0) is 6.54 Å². The van der Waals surface area contributed by atoms with E-state index in [-0.39, 0.29) is 5.56 Å². The van der Waals surface area contributed by atoms with Crippen LogP contribution in [-0.4, -0.2) is 26.1 Å². The molecule has 0 amide bonds. The highest BCUT2D eigenvalue weighted by Gasteiger charge is 2.09. The minimum absolute atomic E-state index is 0.205. The fourth-order valence-electron chi connectivity index (χ4n) is 1.98. The Bertz CT molecular complexity index is 781.